The average Bonchev–Trinajstić information content (AvgIpc) is 2.71. The molecule has 0 N–H and O–H groups in total. The predicted molar refractivity (Wildman–Crippen MR) is 60.9 cm³/mol. The third-order valence-electron chi connectivity index (χ3n) is 1.48. The van der Waals surface area contributed by atoms with E-state index in [-0.39, 0.29) is 0 Å². The molecule has 2 aromatic heterocycles. The number of alkyl halides is 1. The smallest absolute Gasteiger partial charge is 0.141 e. The Balaban J connectivity index is 2.41. The number of nitrogens with zero attached hydrogens (tertiary/aromatic N) is 3. The second-order valence-electron chi connectivity index (χ2n) is 2.33. The van der Waals surface area contributed by atoms with Gasteiger partial charge in [-0.1, -0.05) is 22.6 Å². The SMILES string of the molecule is ICc1nccc(-c2nccs2)n1. The van der Waals surface area contributed by atoms with Gasteiger partial charge in [0.25, 0.3) is 0 Å². The van der Waals surface area contributed by atoms with Crippen LogP contribution in [0.3, 0.4) is 0 Å². The molecule has 0 aromatic carbocycles. The van der Waals surface area contributed by atoms with Gasteiger partial charge in [-0.2, -0.15) is 0 Å². The van der Waals surface area contributed by atoms with Crippen LogP contribution in [0.15, 0.2) is 23.8 Å². The zero-order valence-electron chi connectivity index (χ0n) is 6.64. The molecule has 0 aliphatic carbocycles. The number of halogens is 1. The molecule has 0 atom stereocenters. The molecule has 0 amide bonds. The van der Waals surface area contributed by atoms with Crippen molar-refractivity contribution in [3.63, 3.8) is 0 Å². The van der Waals surface area contributed by atoms with Crippen molar-refractivity contribution in [2.45, 2.75) is 4.43 Å². The number of aromatic nitrogens is 3. The third kappa shape index (κ3) is 2.02. The summed E-state index contributed by atoms with van der Waals surface area (Å²) in [5.41, 5.74) is 0.914. The molecule has 0 radical (unpaired) electrons. The minimum absolute atomic E-state index is 0.830. The van der Waals surface area contributed by atoms with E-state index in [1.807, 2.05) is 11.4 Å². The summed E-state index contributed by atoms with van der Waals surface area (Å²) in [5, 5.41) is 2.90. The highest BCUT2D eigenvalue weighted by Crippen LogP contribution is 2.18. The molecule has 2 heterocycles. The van der Waals surface area contributed by atoms with Gasteiger partial charge < -0.3 is 0 Å². The van der Waals surface area contributed by atoms with Gasteiger partial charge >= 0.3 is 0 Å². The molecular formula is C8H6IN3S. The van der Waals surface area contributed by atoms with Crippen molar-refractivity contribution in [2.24, 2.45) is 0 Å². The van der Waals surface area contributed by atoms with Crippen molar-refractivity contribution in [1.29, 1.82) is 0 Å². The Morgan fingerprint density at radius 2 is 2.23 bits per heavy atom. The molecule has 3 nitrogen and oxygen atoms in total. The molecule has 66 valence electrons. The summed E-state index contributed by atoms with van der Waals surface area (Å²) in [6.07, 6.45) is 3.56. The van der Waals surface area contributed by atoms with E-state index < -0.39 is 0 Å². The summed E-state index contributed by atoms with van der Waals surface area (Å²) >= 11 is 3.84. The molecule has 0 fully saturated rings. The van der Waals surface area contributed by atoms with Gasteiger partial charge in [0.15, 0.2) is 0 Å². The summed E-state index contributed by atoms with van der Waals surface area (Å²) < 4.78 is 0.830. The van der Waals surface area contributed by atoms with Gasteiger partial charge in [-0.05, 0) is 6.07 Å². The van der Waals surface area contributed by atoms with Crippen molar-refractivity contribution in [3.05, 3.63) is 29.7 Å². The zero-order chi connectivity index (χ0) is 9.10. The first-order chi connectivity index (χ1) is 6.40. The molecular weight excluding hydrogens is 297 g/mol. The van der Waals surface area contributed by atoms with Crippen LogP contribution in [-0.2, 0) is 4.43 Å². The maximum absolute atomic E-state index is 4.36. The first kappa shape index (κ1) is 9.01. The van der Waals surface area contributed by atoms with Gasteiger partial charge in [0.2, 0.25) is 0 Å². The summed E-state index contributed by atoms with van der Waals surface area (Å²) in [5.74, 6) is 0.855. The summed E-state index contributed by atoms with van der Waals surface area (Å²) in [6, 6.07) is 1.88. The standard InChI is InChI=1S/C8H6IN3S/c9-5-7-10-2-1-6(12-7)8-11-3-4-13-8/h1-4H,5H2. The van der Waals surface area contributed by atoms with Crippen molar-refractivity contribution in [1.82, 2.24) is 15.0 Å². The average molecular weight is 303 g/mol. The Morgan fingerprint density at radius 1 is 1.31 bits per heavy atom. The van der Waals surface area contributed by atoms with Crippen molar-refractivity contribution in [3.8, 4) is 10.7 Å². The first-order valence-corrected chi connectivity index (χ1v) is 6.08. The molecule has 0 unspecified atom stereocenters. The van der Waals surface area contributed by atoms with E-state index in [9.17, 15) is 0 Å². The van der Waals surface area contributed by atoms with E-state index in [1.54, 1.807) is 23.7 Å². The molecule has 5 heteroatoms. The summed E-state index contributed by atoms with van der Waals surface area (Å²) in [7, 11) is 0. The minimum Gasteiger partial charge on any atom is -0.243 e. The maximum Gasteiger partial charge on any atom is 0.141 e. The van der Waals surface area contributed by atoms with Crippen LogP contribution in [0.5, 0.6) is 0 Å². The minimum atomic E-state index is 0.830. The quantitative estimate of drug-likeness (QED) is 0.632. The second kappa shape index (κ2) is 4.10. The Labute approximate surface area is 93.4 Å². The van der Waals surface area contributed by atoms with Crippen molar-refractivity contribution in [2.75, 3.05) is 0 Å². The molecule has 0 aliphatic heterocycles. The lowest BCUT2D eigenvalue weighted by Crippen LogP contribution is -1.91. The normalized spacial score (nSPS) is 10.2. The van der Waals surface area contributed by atoms with Gasteiger partial charge in [0, 0.05) is 17.8 Å². The number of rotatable bonds is 2. The highest BCUT2D eigenvalue weighted by molar-refractivity contribution is 14.1. The molecule has 0 saturated heterocycles. The topological polar surface area (TPSA) is 38.7 Å². The van der Waals surface area contributed by atoms with Crippen LogP contribution < -0.4 is 0 Å². The fourth-order valence-corrected chi connectivity index (χ4v) is 1.91. The van der Waals surface area contributed by atoms with Gasteiger partial charge in [0.1, 0.15) is 16.5 Å². The van der Waals surface area contributed by atoms with Crippen LogP contribution in [0, 0.1) is 0 Å². The van der Waals surface area contributed by atoms with Crippen LogP contribution in [0.25, 0.3) is 10.7 Å². The highest BCUT2D eigenvalue weighted by Gasteiger charge is 2.02. The van der Waals surface area contributed by atoms with Crippen LogP contribution >= 0.6 is 33.9 Å². The Bertz CT molecular complexity index is 388. The number of thiazole rings is 1. The molecule has 13 heavy (non-hydrogen) atoms. The van der Waals surface area contributed by atoms with Crippen LogP contribution in [0.2, 0.25) is 0 Å². The lowest BCUT2D eigenvalue weighted by Gasteiger charge is -1.96. The van der Waals surface area contributed by atoms with Crippen LogP contribution in [0.4, 0.5) is 0 Å². The van der Waals surface area contributed by atoms with Gasteiger partial charge in [-0.25, -0.2) is 15.0 Å². The predicted octanol–water partition coefficient (Wildman–Crippen LogP) is 2.54. The lowest BCUT2D eigenvalue weighted by molar-refractivity contribution is 1.05. The van der Waals surface area contributed by atoms with E-state index in [4.69, 9.17) is 0 Å². The summed E-state index contributed by atoms with van der Waals surface area (Å²) in [6.45, 7) is 0. The van der Waals surface area contributed by atoms with E-state index >= 15 is 0 Å². The van der Waals surface area contributed by atoms with E-state index in [1.165, 1.54) is 0 Å². The van der Waals surface area contributed by atoms with E-state index in [0.29, 0.717) is 0 Å². The number of hydrogen-bond acceptors (Lipinski definition) is 4. The largest absolute Gasteiger partial charge is 0.243 e. The fourth-order valence-electron chi connectivity index (χ4n) is 0.933. The van der Waals surface area contributed by atoms with Gasteiger partial charge in [-0.3, -0.25) is 0 Å². The van der Waals surface area contributed by atoms with Crippen LogP contribution in [0.1, 0.15) is 5.82 Å². The fraction of sp³-hybridized carbons (Fsp3) is 0.125. The summed E-state index contributed by atoms with van der Waals surface area (Å²) in [4.78, 5) is 12.7. The Kier molecular flexibility index (Phi) is 2.84. The maximum atomic E-state index is 4.36. The zero-order valence-corrected chi connectivity index (χ0v) is 9.62. The van der Waals surface area contributed by atoms with Crippen LogP contribution in [-0.4, -0.2) is 15.0 Å². The molecule has 2 aromatic rings. The number of hydrogen-bond donors (Lipinski definition) is 0. The Morgan fingerprint density at radius 3 is 2.92 bits per heavy atom. The lowest BCUT2D eigenvalue weighted by atomic mass is 10.4. The highest BCUT2D eigenvalue weighted by atomic mass is 127. The third-order valence-corrected chi connectivity index (χ3v) is 2.95. The molecule has 0 spiro atoms. The van der Waals surface area contributed by atoms with Gasteiger partial charge in [0.05, 0.1) is 4.43 Å². The van der Waals surface area contributed by atoms with Crippen molar-refractivity contribution >= 4 is 33.9 Å². The molecule has 0 saturated carbocycles. The van der Waals surface area contributed by atoms with Crippen molar-refractivity contribution < 1.29 is 0 Å². The van der Waals surface area contributed by atoms with E-state index in [0.717, 1.165) is 21.0 Å². The molecule has 0 aliphatic rings. The first-order valence-electron chi connectivity index (χ1n) is 3.68. The Hall–Kier alpha value is -0.560. The molecule has 0 bridgehead atoms. The van der Waals surface area contributed by atoms with Gasteiger partial charge in [-0.15, -0.1) is 11.3 Å². The second-order valence-corrected chi connectivity index (χ2v) is 3.99. The van der Waals surface area contributed by atoms with E-state index in [2.05, 4.69) is 37.5 Å². The monoisotopic (exact) mass is 303 g/mol. The molecule has 2 rings (SSSR count).